The summed E-state index contributed by atoms with van der Waals surface area (Å²) < 4.78 is 0. The molecule has 47 heavy (non-hydrogen) atoms. The summed E-state index contributed by atoms with van der Waals surface area (Å²) in [6.07, 6.45) is 1.82. The molecule has 0 bridgehead atoms. The van der Waals surface area contributed by atoms with Crippen molar-refractivity contribution in [3.63, 3.8) is 0 Å². The Labute approximate surface area is 270 Å². The largest absolute Gasteiger partial charge is 0.508 e. The number of nitrogens with one attached hydrogen (secondary N) is 1. The Morgan fingerprint density at radius 1 is 1.13 bits per heavy atom. The van der Waals surface area contributed by atoms with Gasteiger partial charge in [-0.15, -0.1) is 0 Å². The highest BCUT2D eigenvalue weighted by Gasteiger charge is 2.64. The number of amides is 2. The highest BCUT2D eigenvalue weighted by molar-refractivity contribution is 6.24. The van der Waals surface area contributed by atoms with Gasteiger partial charge in [0.2, 0.25) is 11.7 Å². The van der Waals surface area contributed by atoms with E-state index in [0.717, 1.165) is 5.69 Å². The number of hydrogen-bond donors (Lipinski definition) is 6. The van der Waals surface area contributed by atoms with E-state index < -0.39 is 63.8 Å². The number of fused-ring (bicyclic) bond motifs is 3. The molecule has 1 saturated carbocycles. The van der Waals surface area contributed by atoms with E-state index in [1.165, 1.54) is 4.90 Å². The van der Waals surface area contributed by atoms with E-state index >= 15 is 0 Å². The maximum Gasteiger partial charge on any atom is 0.255 e. The molecule has 248 valence electrons. The number of carbonyl (C=O) groups excluding carboxylic acids is 4. The highest BCUT2D eigenvalue weighted by Crippen LogP contribution is 2.54. The standard InChI is InChI=1S/C33H38N6O8/c1-37(2)21-11-20(36-32(46)16-12-39(13-16)14-17-7-5-6-8-35-17)26(40)23-18(21)9-15-10-19-25(38(3)4)28(42)24(31(34)45)30(44)33(19,47)29(43)22(15)27(23)41/h5-8,11,15-16,19,25,40-41,44,47H,9-10,12-14H2,1-4H3,(H2,34,45)(H,36,46)/t15-,19-,25-,33-/m0/s1. The molecule has 1 saturated heterocycles. The second-order valence-electron chi connectivity index (χ2n) is 13.2. The molecule has 1 aliphatic heterocycles. The van der Waals surface area contributed by atoms with Crippen molar-refractivity contribution in [1.29, 1.82) is 0 Å². The zero-order valence-electron chi connectivity index (χ0n) is 26.5. The van der Waals surface area contributed by atoms with E-state index in [1.807, 2.05) is 18.2 Å². The van der Waals surface area contributed by atoms with Crippen molar-refractivity contribution in [3.05, 3.63) is 64.2 Å². The molecule has 6 rings (SSSR count). The smallest absolute Gasteiger partial charge is 0.255 e. The molecule has 1 aromatic heterocycles. The number of likely N-dealkylation sites (N-methyl/N-ethyl adjacent to an activating group) is 1. The number of Topliss-reactive ketones (excluding diaryl/α,β-unsaturated/α-hetero) is 2. The second-order valence-corrected chi connectivity index (χ2v) is 13.2. The van der Waals surface area contributed by atoms with Crippen LogP contribution in [-0.2, 0) is 32.1 Å². The van der Waals surface area contributed by atoms with Crippen LogP contribution in [0.2, 0.25) is 0 Å². The second kappa shape index (κ2) is 11.5. The predicted octanol–water partition coefficient (Wildman–Crippen LogP) is 0.496. The molecule has 2 amide bonds. The van der Waals surface area contributed by atoms with E-state index in [9.17, 15) is 39.6 Å². The zero-order valence-corrected chi connectivity index (χ0v) is 26.5. The van der Waals surface area contributed by atoms with Crippen molar-refractivity contribution in [2.24, 2.45) is 23.5 Å². The molecule has 3 aliphatic carbocycles. The Balaban J connectivity index is 1.36. The summed E-state index contributed by atoms with van der Waals surface area (Å²) >= 11 is 0. The fourth-order valence-electron chi connectivity index (χ4n) is 7.61. The number of anilines is 2. The van der Waals surface area contributed by atoms with Crippen molar-refractivity contribution in [2.45, 2.75) is 31.0 Å². The van der Waals surface area contributed by atoms with E-state index in [-0.39, 0.29) is 41.5 Å². The number of aromatic hydroxyl groups is 1. The molecule has 2 aromatic rings. The Bertz CT molecular complexity index is 1760. The van der Waals surface area contributed by atoms with Crippen LogP contribution >= 0.6 is 0 Å². The van der Waals surface area contributed by atoms with Gasteiger partial charge in [0.15, 0.2) is 11.4 Å². The molecule has 7 N–H and O–H groups in total. The average Bonchev–Trinajstić information content (AvgIpc) is 2.97. The number of pyridine rings is 1. The third-order valence-electron chi connectivity index (χ3n) is 9.88. The van der Waals surface area contributed by atoms with Gasteiger partial charge in [-0.05, 0) is 56.6 Å². The summed E-state index contributed by atoms with van der Waals surface area (Å²) in [7, 11) is 6.62. The van der Waals surface area contributed by atoms with Crippen LogP contribution in [0.3, 0.4) is 0 Å². The number of nitrogens with zero attached hydrogens (tertiary/aromatic N) is 4. The number of rotatable bonds is 7. The van der Waals surface area contributed by atoms with Crippen molar-refractivity contribution < 1.29 is 39.6 Å². The number of aliphatic hydroxyl groups excluding tert-OH is 2. The van der Waals surface area contributed by atoms with Crippen LogP contribution < -0.4 is 16.0 Å². The van der Waals surface area contributed by atoms with Gasteiger partial charge < -0.3 is 36.4 Å². The molecule has 14 heteroatoms. The van der Waals surface area contributed by atoms with Gasteiger partial charge in [-0.3, -0.25) is 34.0 Å². The van der Waals surface area contributed by atoms with Gasteiger partial charge in [-0.25, -0.2) is 0 Å². The molecular formula is C33H38N6O8. The lowest BCUT2D eigenvalue weighted by Crippen LogP contribution is -2.65. The topological polar surface area (TPSA) is 210 Å². The molecule has 14 nitrogen and oxygen atoms in total. The number of aliphatic hydroxyl groups is 3. The molecular weight excluding hydrogens is 608 g/mol. The normalized spacial score (nSPS) is 26.0. The minimum Gasteiger partial charge on any atom is -0.508 e. The molecule has 4 aliphatic rings. The van der Waals surface area contributed by atoms with Crippen molar-refractivity contribution >= 4 is 40.5 Å². The number of phenols is 1. The van der Waals surface area contributed by atoms with Gasteiger partial charge in [0.1, 0.15) is 22.8 Å². The van der Waals surface area contributed by atoms with Gasteiger partial charge in [-0.1, -0.05) is 6.07 Å². The van der Waals surface area contributed by atoms with Crippen LogP contribution in [0.1, 0.15) is 23.2 Å². The lowest BCUT2D eigenvalue weighted by molar-refractivity contribution is -0.153. The third-order valence-corrected chi connectivity index (χ3v) is 9.88. The highest BCUT2D eigenvalue weighted by atomic mass is 16.3. The van der Waals surface area contributed by atoms with E-state index in [2.05, 4.69) is 15.2 Å². The minimum absolute atomic E-state index is 0.0193. The summed E-state index contributed by atoms with van der Waals surface area (Å²) in [5.74, 6) is -8.00. The fourth-order valence-corrected chi connectivity index (χ4v) is 7.61. The van der Waals surface area contributed by atoms with Crippen molar-refractivity contribution in [1.82, 2.24) is 14.8 Å². The minimum atomic E-state index is -2.73. The van der Waals surface area contributed by atoms with Gasteiger partial charge in [-0.2, -0.15) is 0 Å². The number of benzene rings is 1. The van der Waals surface area contributed by atoms with Gasteiger partial charge in [0.05, 0.1) is 28.9 Å². The van der Waals surface area contributed by atoms with Crippen LogP contribution in [0.5, 0.6) is 5.75 Å². The van der Waals surface area contributed by atoms with Crippen LogP contribution in [0.15, 0.2) is 47.4 Å². The Morgan fingerprint density at radius 2 is 1.83 bits per heavy atom. The van der Waals surface area contributed by atoms with Crippen molar-refractivity contribution in [3.8, 4) is 5.75 Å². The van der Waals surface area contributed by atoms with Crippen LogP contribution in [0, 0.1) is 17.8 Å². The van der Waals surface area contributed by atoms with Crippen LogP contribution in [-0.4, -0.2) is 112 Å². The number of hydrogen-bond acceptors (Lipinski definition) is 12. The summed E-state index contributed by atoms with van der Waals surface area (Å²) in [5.41, 5.74) is 3.43. The molecule has 1 aromatic carbocycles. The first kappa shape index (κ1) is 32.2. The SMILES string of the molecule is CN(C)c1cc(NC(=O)C2CN(Cc3ccccn3)C2)c(O)c2c1C[C@H]1C[C@H]3[C@H](N(C)C)C(=O)C(C(N)=O)=C(O)[C@@]3(O)C(=O)C1=C2O. The van der Waals surface area contributed by atoms with Gasteiger partial charge >= 0.3 is 0 Å². The van der Waals surface area contributed by atoms with Crippen LogP contribution in [0.25, 0.3) is 5.76 Å². The Morgan fingerprint density at radius 3 is 2.43 bits per heavy atom. The van der Waals surface area contributed by atoms with Gasteiger partial charge in [0.25, 0.3) is 5.91 Å². The lowest BCUT2D eigenvalue weighted by atomic mass is 9.57. The number of aromatic nitrogens is 1. The monoisotopic (exact) mass is 646 g/mol. The molecule has 2 heterocycles. The van der Waals surface area contributed by atoms with Gasteiger partial charge in [0, 0.05) is 57.1 Å². The summed E-state index contributed by atoms with van der Waals surface area (Å²) in [6, 6.07) is 6.08. The van der Waals surface area contributed by atoms with E-state index in [0.29, 0.717) is 30.9 Å². The zero-order chi connectivity index (χ0) is 34.1. The lowest BCUT2D eigenvalue weighted by Gasteiger charge is -2.50. The first-order valence-corrected chi connectivity index (χ1v) is 15.3. The summed E-state index contributed by atoms with van der Waals surface area (Å²) in [5, 5.41) is 48.9. The quantitative estimate of drug-likeness (QED) is 0.179. The number of likely N-dealkylation sites (tertiary alicyclic amines) is 1. The Kier molecular flexibility index (Phi) is 7.85. The van der Waals surface area contributed by atoms with E-state index in [4.69, 9.17) is 5.73 Å². The first-order valence-electron chi connectivity index (χ1n) is 15.3. The average molecular weight is 647 g/mol. The number of phenolic OH excluding ortho intramolecular Hbond substituents is 1. The molecule has 4 atom stereocenters. The molecule has 0 spiro atoms. The summed E-state index contributed by atoms with van der Waals surface area (Å²) in [6.45, 7) is 1.57. The molecule has 2 fully saturated rings. The summed E-state index contributed by atoms with van der Waals surface area (Å²) in [4.78, 5) is 62.5. The number of nitrogens with two attached hydrogens (primary N) is 1. The van der Waals surface area contributed by atoms with Crippen LogP contribution in [0.4, 0.5) is 11.4 Å². The predicted molar refractivity (Wildman–Crippen MR) is 170 cm³/mol. The first-order chi connectivity index (χ1) is 22.2. The fraction of sp³-hybridized carbons (Fsp3) is 0.424. The number of primary amides is 1. The van der Waals surface area contributed by atoms with E-state index in [1.54, 1.807) is 45.4 Å². The third kappa shape index (κ3) is 4.94. The Hall–Kier alpha value is -4.79. The maximum absolute atomic E-state index is 14.2. The number of carbonyl (C=O) groups is 4. The maximum atomic E-state index is 14.2. The van der Waals surface area contributed by atoms with Crippen molar-refractivity contribution in [2.75, 3.05) is 51.5 Å². The molecule has 0 radical (unpaired) electrons. The molecule has 0 unspecified atom stereocenters. The number of ketones is 2.